The molecule has 1 unspecified atom stereocenters. The van der Waals surface area contributed by atoms with Crippen molar-refractivity contribution in [1.29, 1.82) is 0 Å². The first-order valence-corrected chi connectivity index (χ1v) is 4.42. The standard InChI is InChI=1S/C8H14O7/c1-2(9)3(10)7-5(12)4(11)6(13)8(14)15-7/h3-8,10-14H,1H3/t3?,4-,5+,6+,7+,8+/m0/s1. The Morgan fingerprint density at radius 1 is 1.13 bits per heavy atom. The van der Waals surface area contributed by atoms with Gasteiger partial charge in [0.2, 0.25) is 0 Å². The van der Waals surface area contributed by atoms with Crippen LogP contribution in [0.15, 0.2) is 0 Å². The summed E-state index contributed by atoms with van der Waals surface area (Å²) >= 11 is 0. The van der Waals surface area contributed by atoms with Crippen molar-refractivity contribution in [2.75, 3.05) is 0 Å². The second-order valence-electron chi connectivity index (χ2n) is 3.52. The SMILES string of the molecule is CC(=O)C(O)[C@H]1O[C@@H](O)[C@H](O)[C@@H](O)[C@H]1O. The summed E-state index contributed by atoms with van der Waals surface area (Å²) in [4.78, 5) is 10.8. The Labute approximate surface area is 85.5 Å². The zero-order valence-electron chi connectivity index (χ0n) is 8.02. The van der Waals surface area contributed by atoms with E-state index in [1.807, 2.05) is 0 Å². The van der Waals surface area contributed by atoms with E-state index in [2.05, 4.69) is 4.74 Å². The van der Waals surface area contributed by atoms with Gasteiger partial charge >= 0.3 is 0 Å². The lowest BCUT2D eigenvalue weighted by Gasteiger charge is -2.39. The van der Waals surface area contributed by atoms with Crippen LogP contribution in [0.2, 0.25) is 0 Å². The van der Waals surface area contributed by atoms with Crippen LogP contribution in [-0.2, 0) is 9.53 Å². The fourth-order valence-electron chi connectivity index (χ4n) is 1.38. The zero-order chi connectivity index (χ0) is 11.7. The van der Waals surface area contributed by atoms with Gasteiger partial charge in [-0.2, -0.15) is 0 Å². The van der Waals surface area contributed by atoms with Gasteiger partial charge in [-0.25, -0.2) is 0 Å². The Bertz CT molecular complexity index is 243. The van der Waals surface area contributed by atoms with Gasteiger partial charge in [0.05, 0.1) is 0 Å². The number of carbonyl (C=O) groups is 1. The van der Waals surface area contributed by atoms with E-state index < -0.39 is 42.6 Å². The van der Waals surface area contributed by atoms with Gasteiger partial charge in [0.15, 0.2) is 12.1 Å². The van der Waals surface area contributed by atoms with E-state index in [0.29, 0.717) is 0 Å². The highest BCUT2D eigenvalue weighted by Crippen LogP contribution is 2.22. The summed E-state index contributed by atoms with van der Waals surface area (Å²) in [6.07, 6.45) is -9.83. The molecule has 5 N–H and O–H groups in total. The summed E-state index contributed by atoms with van der Waals surface area (Å²) in [6.45, 7) is 1.07. The van der Waals surface area contributed by atoms with Gasteiger partial charge in [-0.05, 0) is 6.92 Å². The summed E-state index contributed by atoms with van der Waals surface area (Å²) in [5.74, 6) is -0.671. The first kappa shape index (κ1) is 12.5. The molecule has 1 saturated heterocycles. The van der Waals surface area contributed by atoms with Gasteiger partial charge in [-0.1, -0.05) is 0 Å². The van der Waals surface area contributed by atoms with Crippen molar-refractivity contribution in [1.82, 2.24) is 0 Å². The lowest BCUT2D eigenvalue weighted by Crippen LogP contribution is -2.61. The molecule has 0 amide bonds. The number of ether oxygens (including phenoxy) is 1. The quantitative estimate of drug-likeness (QED) is 0.332. The first-order chi connectivity index (χ1) is 6.86. The van der Waals surface area contributed by atoms with E-state index in [4.69, 9.17) is 10.2 Å². The van der Waals surface area contributed by atoms with Crippen molar-refractivity contribution in [3.05, 3.63) is 0 Å². The molecule has 0 radical (unpaired) electrons. The first-order valence-electron chi connectivity index (χ1n) is 4.42. The molecule has 1 fully saturated rings. The van der Waals surface area contributed by atoms with Gasteiger partial charge in [0.25, 0.3) is 0 Å². The highest BCUT2D eigenvalue weighted by molar-refractivity contribution is 5.80. The highest BCUT2D eigenvalue weighted by atomic mass is 16.6. The number of aliphatic hydroxyl groups is 5. The molecule has 1 rings (SSSR count). The zero-order valence-corrected chi connectivity index (χ0v) is 8.02. The predicted octanol–water partition coefficient (Wildman–Crippen LogP) is -3.26. The van der Waals surface area contributed by atoms with E-state index in [0.717, 1.165) is 6.92 Å². The molecule has 88 valence electrons. The summed E-state index contributed by atoms with van der Waals surface area (Å²) in [5.41, 5.74) is 0. The maximum absolute atomic E-state index is 10.8. The Morgan fingerprint density at radius 3 is 2.13 bits per heavy atom. The van der Waals surface area contributed by atoms with E-state index in [9.17, 15) is 20.1 Å². The Hall–Kier alpha value is -0.570. The van der Waals surface area contributed by atoms with Crippen LogP contribution >= 0.6 is 0 Å². The Balaban J connectivity index is 2.78. The predicted molar refractivity (Wildman–Crippen MR) is 45.6 cm³/mol. The molecular formula is C8H14O7. The largest absolute Gasteiger partial charge is 0.387 e. The number of hydrogen-bond acceptors (Lipinski definition) is 7. The average Bonchev–Trinajstić information content (AvgIpc) is 2.19. The molecule has 0 bridgehead atoms. The molecule has 7 nitrogen and oxygen atoms in total. The molecule has 6 atom stereocenters. The normalized spacial score (nSPS) is 43.7. The molecule has 0 aromatic carbocycles. The van der Waals surface area contributed by atoms with E-state index in [1.54, 1.807) is 0 Å². The lowest BCUT2D eigenvalue weighted by atomic mass is 9.94. The fraction of sp³-hybridized carbons (Fsp3) is 0.875. The molecule has 0 aliphatic carbocycles. The number of hydrogen-bond donors (Lipinski definition) is 5. The molecule has 0 aromatic heterocycles. The summed E-state index contributed by atoms with van der Waals surface area (Å²) < 4.78 is 4.63. The molecular weight excluding hydrogens is 208 g/mol. The van der Waals surface area contributed by atoms with Crippen LogP contribution in [0.4, 0.5) is 0 Å². The third kappa shape index (κ3) is 2.33. The van der Waals surface area contributed by atoms with Gasteiger partial charge in [-0.3, -0.25) is 4.79 Å². The Kier molecular flexibility index (Phi) is 3.77. The summed E-state index contributed by atoms with van der Waals surface area (Å²) in [6, 6.07) is 0. The highest BCUT2D eigenvalue weighted by Gasteiger charge is 2.46. The minimum absolute atomic E-state index is 0.671. The minimum Gasteiger partial charge on any atom is -0.387 e. The maximum atomic E-state index is 10.8. The molecule has 1 heterocycles. The third-order valence-electron chi connectivity index (χ3n) is 2.35. The molecule has 15 heavy (non-hydrogen) atoms. The topological polar surface area (TPSA) is 127 Å². The van der Waals surface area contributed by atoms with E-state index in [1.165, 1.54) is 0 Å². The van der Waals surface area contributed by atoms with Gasteiger partial charge in [0.1, 0.15) is 30.5 Å². The molecule has 7 heteroatoms. The van der Waals surface area contributed by atoms with E-state index >= 15 is 0 Å². The third-order valence-corrected chi connectivity index (χ3v) is 2.35. The van der Waals surface area contributed by atoms with Crippen molar-refractivity contribution >= 4 is 5.78 Å². The number of carbonyl (C=O) groups excluding carboxylic acids is 1. The molecule has 1 aliphatic rings. The number of aliphatic hydroxyl groups excluding tert-OH is 5. The van der Waals surface area contributed by atoms with Crippen LogP contribution in [0, 0.1) is 0 Å². The van der Waals surface area contributed by atoms with Crippen LogP contribution in [0.1, 0.15) is 6.92 Å². The molecule has 0 spiro atoms. The van der Waals surface area contributed by atoms with Crippen molar-refractivity contribution in [2.24, 2.45) is 0 Å². The van der Waals surface area contributed by atoms with Crippen molar-refractivity contribution in [2.45, 2.75) is 43.7 Å². The average molecular weight is 222 g/mol. The van der Waals surface area contributed by atoms with Crippen LogP contribution in [0.25, 0.3) is 0 Å². The molecule has 1 aliphatic heterocycles. The van der Waals surface area contributed by atoms with Crippen LogP contribution in [0.3, 0.4) is 0 Å². The maximum Gasteiger partial charge on any atom is 0.184 e. The molecule has 0 aromatic rings. The number of ketones is 1. The van der Waals surface area contributed by atoms with Crippen molar-refractivity contribution in [3.8, 4) is 0 Å². The van der Waals surface area contributed by atoms with Crippen LogP contribution in [-0.4, -0.2) is 68.1 Å². The lowest BCUT2D eigenvalue weighted by molar-refractivity contribution is -0.293. The Morgan fingerprint density at radius 2 is 1.67 bits per heavy atom. The minimum atomic E-state index is -1.75. The number of Topliss-reactive ketones (excluding diaryl/α,β-unsaturated/α-hetero) is 1. The second kappa shape index (κ2) is 4.52. The van der Waals surface area contributed by atoms with Gasteiger partial charge in [-0.15, -0.1) is 0 Å². The van der Waals surface area contributed by atoms with E-state index in [-0.39, 0.29) is 0 Å². The van der Waals surface area contributed by atoms with Crippen molar-refractivity contribution in [3.63, 3.8) is 0 Å². The monoisotopic (exact) mass is 222 g/mol. The van der Waals surface area contributed by atoms with Gasteiger partial charge in [0, 0.05) is 0 Å². The second-order valence-corrected chi connectivity index (χ2v) is 3.52. The fourth-order valence-corrected chi connectivity index (χ4v) is 1.38. The smallest absolute Gasteiger partial charge is 0.184 e. The molecule has 0 saturated carbocycles. The van der Waals surface area contributed by atoms with Crippen molar-refractivity contribution < 1.29 is 35.1 Å². The van der Waals surface area contributed by atoms with Gasteiger partial charge < -0.3 is 30.3 Å². The summed E-state index contributed by atoms with van der Waals surface area (Å²) in [7, 11) is 0. The van der Waals surface area contributed by atoms with Crippen LogP contribution < -0.4 is 0 Å². The van der Waals surface area contributed by atoms with Crippen LogP contribution in [0.5, 0.6) is 0 Å². The number of rotatable bonds is 2. The summed E-state index contributed by atoms with van der Waals surface area (Å²) in [5, 5.41) is 46.2.